The molecule has 1 aliphatic carbocycles. The summed E-state index contributed by atoms with van der Waals surface area (Å²) in [5.41, 5.74) is 3.80. The smallest absolute Gasteiger partial charge is 0.339 e. The van der Waals surface area contributed by atoms with E-state index in [9.17, 15) is 4.79 Å². The average Bonchev–Trinajstić information content (AvgIpc) is 3.46. The van der Waals surface area contributed by atoms with E-state index in [0.29, 0.717) is 28.5 Å². The molecule has 0 saturated heterocycles. The molecule has 0 unspecified atom stereocenters. The van der Waals surface area contributed by atoms with E-state index in [2.05, 4.69) is 16.2 Å². The number of nitrogens with zero attached hydrogens (tertiary/aromatic N) is 2. The third-order valence-corrected chi connectivity index (χ3v) is 5.53. The zero-order chi connectivity index (χ0) is 21.4. The molecule has 156 valence electrons. The fourth-order valence-corrected chi connectivity index (χ4v) is 4.04. The molecule has 1 aliphatic rings. The molecule has 1 heterocycles. The van der Waals surface area contributed by atoms with Crippen LogP contribution in [0, 0.1) is 0 Å². The predicted molar refractivity (Wildman–Crippen MR) is 113 cm³/mol. The van der Waals surface area contributed by atoms with Gasteiger partial charge in [-0.05, 0) is 59.0 Å². The Morgan fingerprint density at radius 1 is 1.00 bits per heavy atom. The molecule has 5 rings (SSSR count). The predicted octanol–water partition coefficient (Wildman–Crippen LogP) is 4.36. The molecule has 0 spiro atoms. The minimum absolute atomic E-state index is 0.109. The zero-order valence-electron chi connectivity index (χ0n) is 17.2. The summed E-state index contributed by atoms with van der Waals surface area (Å²) in [6.07, 6.45) is 2.01. The summed E-state index contributed by atoms with van der Waals surface area (Å²) in [6.45, 7) is -0.109. The number of aryl methyl sites for hydroxylation is 2. The Labute approximate surface area is 178 Å². The van der Waals surface area contributed by atoms with Crippen molar-refractivity contribution in [3.63, 3.8) is 0 Å². The van der Waals surface area contributed by atoms with Gasteiger partial charge in [0.15, 0.2) is 18.1 Å². The van der Waals surface area contributed by atoms with Gasteiger partial charge in [0.25, 0.3) is 5.89 Å². The van der Waals surface area contributed by atoms with Crippen molar-refractivity contribution < 1.29 is 23.5 Å². The number of hydrogen-bond donors (Lipinski definition) is 0. The first-order valence-electron chi connectivity index (χ1n) is 9.93. The van der Waals surface area contributed by atoms with Crippen molar-refractivity contribution in [3.8, 4) is 22.9 Å². The molecule has 3 aromatic carbocycles. The summed E-state index contributed by atoms with van der Waals surface area (Å²) in [5, 5.41) is 6.07. The molecule has 0 atom stereocenters. The molecule has 1 aromatic heterocycles. The molecule has 7 heteroatoms. The van der Waals surface area contributed by atoms with Crippen molar-refractivity contribution in [2.45, 2.75) is 19.4 Å². The summed E-state index contributed by atoms with van der Waals surface area (Å²) in [7, 11) is 3.13. The molecule has 0 N–H and O–H groups in total. The maximum atomic E-state index is 12.8. The van der Waals surface area contributed by atoms with E-state index < -0.39 is 5.97 Å². The molecule has 0 saturated carbocycles. The molecule has 31 heavy (non-hydrogen) atoms. The summed E-state index contributed by atoms with van der Waals surface area (Å²) in [5.74, 6) is 1.34. The Kier molecular flexibility index (Phi) is 4.78. The van der Waals surface area contributed by atoms with Gasteiger partial charge < -0.3 is 18.7 Å². The van der Waals surface area contributed by atoms with E-state index in [4.69, 9.17) is 18.7 Å². The van der Waals surface area contributed by atoms with Gasteiger partial charge in [0.2, 0.25) is 5.82 Å². The lowest BCUT2D eigenvalue weighted by atomic mass is 10.00. The Hall–Kier alpha value is -3.87. The van der Waals surface area contributed by atoms with Crippen molar-refractivity contribution in [1.29, 1.82) is 0 Å². The number of carbonyl (C=O) groups is 1. The van der Waals surface area contributed by atoms with Crippen LogP contribution in [0.15, 0.2) is 53.1 Å². The molecule has 0 bridgehead atoms. The standard InChI is InChI=1S/C24H20N2O5/c1-28-19-11-9-16(12-20(19)29-2)23-25-21(31-26-23)13-30-24(27)18-10-8-15-7-6-14-4-3-5-17(18)22(14)15/h3-5,8-12H,6-7,13H2,1-2H3. The van der Waals surface area contributed by atoms with Gasteiger partial charge in [0.05, 0.1) is 19.8 Å². The highest BCUT2D eigenvalue weighted by Gasteiger charge is 2.20. The van der Waals surface area contributed by atoms with Gasteiger partial charge in [-0.15, -0.1) is 0 Å². The lowest BCUT2D eigenvalue weighted by Crippen LogP contribution is -2.06. The van der Waals surface area contributed by atoms with Crippen LogP contribution in [-0.2, 0) is 24.2 Å². The summed E-state index contributed by atoms with van der Waals surface area (Å²) in [6, 6.07) is 15.2. The molecule has 4 aromatic rings. The highest BCUT2D eigenvalue weighted by molar-refractivity contribution is 6.07. The van der Waals surface area contributed by atoms with Crippen molar-refractivity contribution in [2.75, 3.05) is 14.2 Å². The molecular weight excluding hydrogens is 396 g/mol. The van der Waals surface area contributed by atoms with Crippen LogP contribution in [-0.4, -0.2) is 30.3 Å². The third-order valence-electron chi connectivity index (χ3n) is 5.53. The van der Waals surface area contributed by atoms with E-state index in [1.165, 1.54) is 16.5 Å². The maximum absolute atomic E-state index is 12.8. The number of benzene rings is 3. The van der Waals surface area contributed by atoms with Crippen LogP contribution < -0.4 is 9.47 Å². The molecule has 0 aliphatic heterocycles. The molecule has 0 radical (unpaired) electrons. The lowest BCUT2D eigenvalue weighted by molar-refractivity contribution is 0.0432. The van der Waals surface area contributed by atoms with Gasteiger partial charge in [-0.3, -0.25) is 0 Å². The highest BCUT2D eigenvalue weighted by atomic mass is 16.6. The number of carbonyl (C=O) groups excluding carboxylic acids is 1. The average molecular weight is 416 g/mol. The zero-order valence-corrected chi connectivity index (χ0v) is 17.2. The first kappa shape index (κ1) is 19.1. The van der Waals surface area contributed by atoms with E-state index in [0.717, 1.165) is 18.2 Å². The molecule has 0 fully saturated rings. The Morgan fingerprint density at radius 2 is 1.81 bits per heavy atom. The van der Waals surface area contributed by atoms with Crippen LogP contribution in [0.2, 0.25) is 0 Å². The van der Waals surface area contributed by atoms with Gasteiger partial charge in [-0.25, -0.2) is 4.79 Å². The normalized spacial score (nSPS) is 12.2. The number of aromatic nitrogens is 2. The minimum Gasteiger partial charge on any atom is -0.493 e. The monoisotopic (exact) mass is 416 g/mol. The second-order valence-electron chi connectivity index (χ2n) is 7.27. The molecule has 7 nitrogen and oxygen atoms in total. The maximum Gasteiger partial charge on any atom is 0.339 e. The van der Waals surface area contributed by atoms with Gasteiger partial charge in [-0.1, -0.05) is 29.4 Å². The number of hydrogen-bond acceptors (Lipinski definition) is 7. The van der Waals surface area contributed by atoms with Gasteiger partial charge in [-0.2, -0.15) is 4.98 Å². The van der Waals surface area contributed by atoms with Crippen molar-refractivity contribution >= 4 is 16.7 Å². The van der Waals surface area contributed by atoms with Crippen molar-refractivity contribution in [1.82, 2.24) is 10.1 Å². The second kappa shape index (κ2) is 7.75. The van der Waals surface area contributed by atoms with Crippen LogP contribution in [0.5, 0.6) is 11.5 Å². The van der Waals surface area contributed by atoms with Gasteiger partial charge in [0.1, 0.15) is 0 Å². The first-order chi connectivity index (χ1) is 15.2. The van der Waals surface area contributed by atoms with E-state index in [-0.39, 0.29) is 12.5 Å². The van der Waals surface area contributed by atoms with E-state index in [1.807, 2.05) is 24.3 Å². The molecule has 0 amide bonds. The SMILES string of the molecule is COc1ccc(-c2noc(COC(=O)c3ccc4c5c(cccc35)CC4)n2)cc1OC. The highest BCUT2D eigenvalue weighted by Crippen LogP contribution is 2.33. The van der Waals surface area contributed by atoms with Crippen LogP contribution in [0.1, 0.15) is 27.4 Å². The summed E-state index contributed by atoms with van der Waals surface area (Å²) >= 11 is 0. The largest absolute Gasteiger partial charge is 0.493 e. The van der Waals surface area contributed by atoms with E-state index in [1.54, 1.807) is 32.4 Å². The fourth-order valence-electron chi connectivity index (χ4n) is 4.04. The first-order valence-corrected chi connectivity index (χ1v) is 9.93. The third kappa shape index (κ3) is 3.38. The van der Waals surface area contributed by atoms with Crippen LogP contribution in [0.3, 0.4) is 0 Å². The van der Waals surface area contributed by atoms with Crippen molar-refractivity contribution in [3.05, 3.63) is 71.1 Å². The Morgan fingerprint density at radius 3 is 2.61 bits per heavy atom. The minimum atomic E-state index is -0.415. The van der Waals surface area contributed by atoms with Crippen LogP contribution in [0.25, 0.3) is 22.2 Å². The van der Waals surface area contributed by atoms with Crippen molar-refractivity contribution in [2.24, 2.45) is 0 Å². The van der Waals surface area contributed by atoms with Gasteiger partial charge >= 0.3 is 5.97 Å². The second-order valence-corrected chi connectivity index (χ2v) is 7.27. The molecular formula is C24H20N2O5. The van der Waals surface area contributed by atoms with Crippen LogP contribution >= 0.6 is 0 Å². The summed E-state index contributed by atoms with van der Waals surface area (Å²) in [4.78, 5) is 17.1. The number of esters is 1. The van der Waals surface area contributed by atoms with E-state index >= 15 is 0 Å². The Balaban J connectivity index is 1.34. The number of methoxy groups -OCH3 is 2. The van der Waals surface area contributed by atoms with Gasteiger partial charge in [0, 0.05) is 5.56 Å². The lowest BCUT2D eigenvalue weighted by Gasteiger charge is -2.08. The number of ether oxygens (including phenoxy) is 3. The topological polar surface area (TPSA) is 83.7 Å². The number of rotatable bonds is 6. The Bertz CT molecular complexity index is 1280. The summed E-state index contributed by atoms with van der Waals surface area (Å²) < 4.78 is 21.3. The van der Waals surface area contributed by atoms with Crippen LogP contribution in [0.4, 0.5) is 0 Å². The fraction of sp³-hybridized carbons (Fsp3) is 0.208. The quantitative estimate of drug-likeness (QED) is 0.432.